The molecule has 142 valence electrons. The molecular weight excluding hydrogens is 384 g/mol. The fourth-order valence-electron chi connectivity index (χ4n) is 2.32. The number of nitro groups is 1. The third-order valence-corrected chi connectivity index (χ3v) is 3.95. The van der Waals surface area contributed by atoms with E-state index in [0.717, 1.165) is 6.07 Å². The summed E-state index contributed by atoms with van der Waals surface area (Å²) in [4.78, 5) is 35.7. The number of benzene rings is 2. The second kappa shape index (κ2) is 8.93. The zero-order valence-electron chi connectivity index (χ0n) is 15.0. The topological polar surface area (TPSA) is 110 Å². The monoisotopic (exact) mass is 398 g/mol. The van der Waals surface area contributed by atoms with Crippen LogP contribution in [0.2, 0.25) is 5.02 Å². The Morgan fingerprint density at radius 3 is 2.36 bits per heavy atom. The fourth-order valence-corrected chi connectivity index (χ4v) is 2.49. The standard InChI is InChI=1S/C20H15ClN2O5/c1-12(2)18(24)16(11-22)19(28-20(25)13-6-4-3-5-7-13)15-9-8-14(21)10-17(15)23(26)27/h3-10,12H,1-2H3. The van der Waals surface area contributed by atoms with Crippen LogP contribution in [0, 0.1) is 27.4 Å². The molecule has 0 amide bonds. The summed E-state index contributed by atoms with van der Waals surface area (Å²) in [7, 11) is 0. The quantitative estimate of drug-likeness (QED) is 0.176. The van der Waals surface area contributed by atoms with E-state index in [1.54, 1.807) is 38.1 Å². The maximum atomic E-state index is 12.5. The first-order valence-electron chi connectivity index (χ1n) is 8.16. The zero-order chi connectivity index (χ0) is 20.8. The summed E-state index contributed by atoms with van der Waals surface area (Å²) in [6.45, 7) is 3.12. The highest BCUT2D eigenvalue weighted by Gasteiger charge is 2.28. The maximum absolute atomic E-state index is 12.5. The molecule has 0 bridgehead atoms. The van der Waals surface area contributed by atoms with Gasteiger partial charge in [0.25, 0.3) is 5.69 Å². The van der Waals surface area contributed by atoms with Gasteiger partial charge in [-0.25, -0.2) is 4.79 Å². The summed E-state index contributed by atoms with van der Waals surface area (Å²) in [6.07, 6.45) is 0. The van der Waals surface area contributed by atoms with Crippen LogP contribution >= 0.6 is 11.6 Å². The van der Waals surface area contributed by atoms with Gasteiger partial charge in [-0.15, -0.1) is 0 Å². The van der Waals surface area contributed by atoms with Gasteiger partial charge in [-0.05, 0) is 24.3 Å². The Kier molecular flexibility index (Phi) is 6.64. The van der Waals surface area contributed by atoms with Crippen molar-refractivity contribution in [2.75, 3.05) is 0 Å². The van der Waals surface area contributed by atoms with Crippen LogP contribution in [-0.4, -0.2) is 16.7 Å². The van der Waals surface area contributed by atoms with E-state index in [4.69, 9.17) is 16.3 Å². The Balaban J connectivity index is 2.71. The lowest BCUT2D eigenvalue weighted by atomic mass is 9.97. The number of carbonyl (C=O) groups excluding carboxylic acids is 2. The molecule has 2 rings (SSSR count). The number of ketones is 1. The number of ether oxygens (including phenoxy) is 1. The number of nitrogens with zero attached hydrogens (tertiary/aromatic N) is 2. The molecule has 0 unspecified atom stereocenters. The van der Waals surface area contributed by atoms with Crippen molar-refractivity contribution in [3.05, 3.63) is 80.4 Å². The van der Waals surface area contributed by atoms with Crippen LogP contribution in [0.15, 0.2) is 54.1 Å². The van der Waals surface area contributed by atoms with Crippen molar-refractivity contribution in [3.63, 3.8) is 0 Å². The predicted molar refractivity (Wildman–Crippen MR) is 102 cm³/mol. The SMILES string of the molecule is CC(C)C(=O)C(C#N)=C(OC(=O)c1ccccc1)c1ccc(Cl)cc1[N+](=O)[O-]. The van der Waals surface area contributed by atoms with E-state index >= 15 is 0 Å². The molecule has 0 aliphatic rings. The molecule has 0 aliphatic heterocycles. The average Bonchev–Trinajstić information content (AvgIpc) is 2.68. The van der Waals surface area contributed by atoms with Crippen molar-refractivity contribution < 1.29 is 19.2 Å². The Hall–Kier alpha value is -3.50. The van der Waals surface area contributed by atoms with Crippen LogP contribution in [-0.2, 0) is 9.53 Å². The predicted octanol–water partition coefficient (Wildman–Crippen LogP) is 4.56. The second-order valence-electron chi connectivity index (χ2n) is 6.01. The number of carbonyl (C=O) groups is 2. The Bertz CT molecular complexity index is 1010. The normalized spacial score (nSPS) is 11.4. The van der Waals surface area contributed by atoms with E-state index in [1.165, 1.54) is 24.3 Å². The molecular formula is C20H15ClN2O5. The molecule has 2 aromatic carbocycles. The van der Waals surface area contributed by atoms with E-state index in [9.17, 15) is 25.0 Å². The Morgan fingerprint density at radius 1 is 1.18 bits per heavy atom. The summed E-state index contributed by atoms with van der Waals surface area (Å²) in [5.74, 6) is -2.53. The van der Waals surface area contributed by atoms with Crippen molar-refractivity contribution in [2.45, 2.75) is 13.8 Å². The molecule has 0 N–H and O–H groups in total. The first-order valence-corrected chi connectivity index (χ1v) is 8.54. The van der Waals surface area contributed by atoms with Gasteiger partial charge in [0.1, 0.15) is 11.6 Å². The molecule has 0 saturated carbocycles. The number of Topliss-reactive ketones (excluding diaryl/α,β-unsaturated/α-hetero) is 1. The van der Waals surface area contributed by atoms with Gasteiger partial charge in [0, 0.05) is 17.0 Å². The highest BCUT2D eigenvalue weighted by Crippen LogP contribution is 2.33. The lowest BCUT2D eigenvalue weighted by Crippen LogP contribution is -2.15. The highest BCUT2D eigenvalue weighted by molar-refractivity contribution is 6.30. The molecule has 0 heterocycles. The number of nitro benzene ring substituents is 1. The average molecular weight is 399 g/mol. The molecule has 0 saturated heterocycles. The van der Waals surface area contributed by atoms with Crippen LogP contribution in [0.25, 0.3) is 5.76 Å². The number of hydrogen-bond donors (Lipinski definition) is 0. The molecule has 7 nitrogen and oxygen atoms in total. The van der Waals surface area contributed by atoms with Crippen molar-refractivity contribution in [3.8, 4) is 6.07 Å². The lowest BCUT2D eigenvalue weighted by Gasteiger charge is -2.13. The highest BCUT2D eigenvalue weighted by atomic mass is 35.5. The number of rotatable bonds is 6. The van der Waals surface area contributed by atoms with Gasteiger partial charge in [-0.3, -0.25) is 14.9 Å². The minimum Gasteiger partial charge on any atom is -0.420 e. The molecule has 0 spiro atoms. The van der Waals surface area contributed by atoms with Gasteiger partial charge in [-0.2, -0.15) is 5.26 Å². The van der Waals surface area contributed by atoms with Gasteiger partial charge in [0.05, 0.1) is 16.1 Å². The third kappa shape index (κ3) is 4.61. The molecule has 28 heavy (non-hydrogen) atoms. The minimum absolute atomic E-state index is 0.0814. The lowest BCUT2D eigenvalue weighted by molar-refractivity contribution is -0.385. The van der Waals surface area contributed by atoms with Crippen LogP contribution in [0.1, 0.15) is 29.8 Å². The summed E-state index contributed by atoms with van der Waals surface area (Å²) >= 11 is 5.83. The zero-order valence-corrected chi connectivity index (χ0v) is 15.8. The number of halogens is 1. The molecule has 8 heteroatoms. The molecule has 2 aromatic rings. The summed E-state index contributed by atoms with van der Waals surface area (Å²) in [6, 6.07) is 13.2. The van der Waals surface area contributed by atoms with E-state index in [0.29, 0.717) is 0 Å². The third-order valence-electron chi connectivity index (χ3n) is 3.71. The Morgan fingerprint density at radius 2 is 1.82 bits per heavy atom. The number of allylic oxidation sites excluding steroid dienone is 1. The fraction of sp³-hybridized carbons (Fsp3) is 0.150. The number of hydrogen-bond acceptors (Lipinski definition) is 6. The van der Waals surface area contributed by atoms with Gasteiger partial charge in [-0.1, -0.05) is 43.6 Å². The van der Waals surface area contributed by atoms with Crippen LogP contribution in [0.5, 0.6) is 0 Å². The summed E-state index contributed by atoms with van der Waals surface area (Å²) in [5, 5.41) is 21.1. The van der Waals surface area contributed by atoms with Gasteiger partial charge < -0.3 is 4.74 Å². The van der Waals surface area contributed by atoms with E-state index in [2.05, 4.69) is 0 Å². The Labute approximate surface area is 166 Å². The molecule has 0 fully saturated rings. The van der Waals surface area contributed by atoms with E-state index < -0.39 is 39.6 Å². The molecule has 0 aromatic heterocycles. The van der Waals surface area contributed by atoms with Crippen molar-refractivity contribution in [2.24, 2.45) is 5.92 Å². The van der Waals surface area contributed by atoms with Crippen LogP contribution in [0.4, 0.5) is 5.69 Å². The smallest absolute Gasteiger partial charge is 0.343 e. The van der Waals surface area contributed by atoms with Crippen LogP contribution < -0.4 is 0 Å². The van der Waals surface area contributed by atoms with E-state index in [-0.39, 0.29) is 16.1 Å². The summed E-state index contributed by atoms with van der Waals surface area (Å²) in [5.41, 5.74) is -1.01. The van der Waals surface area contributed by atoms with Crippen molar-refractivity contribution >= 4 is 34.8 Å². The van der Waals surface area contributed by atoms with Gasteiger partial charge in [0.2, 0.25) is 0 Å². The van der Waals surface area contributed by atoms with Gasteiger partial charge in [0.15, 0.2) is 11.5 Å². The van der Waals surface area contributed by atoms with Crippen molar-refractivity contribution in [1.82, 2.24) is 0 Å². The molecule has 0 atom stereocenters. The molecule has 0 radical (unpaired) electrons. The molecule has 0 aliphatic carbocycles. The minimum atomic E-state index is -0.857. The second-order valence-corrected chi connectivity index (χ2v) is 6.45. The largest absolute Gasteiger partial charge is 0.420 e. The first kappa shape index (κ1) is 20.8. The summed E-state index contributed by atoms with van der Waals surface area (Å²) < 4.78 is 5.33. The van der Waals surface area contributed by atoms with Crippen molar-refractivity contribution in [1.29, 1.82) is 5.26 Å². The number of nitriles is 1. The first-order chi connectivity index (χ1) is 13.3. The van der Waals surface area contributed by atoms with Crippen LogP contribution in [0.3, 0.4) is 0 Å². The van der Waals surface area contributed by atoms with E-state index in [1.807, 2.05) is 0 Å². The maximum Gasteiger partial charge on any atom is 0.343 e. The number of esters is 1. The van der Waals surface area contributed by atoms with Gasteiger partial charge >= 0.3 is 5.97 Å².